The van der Waals surface area contributed by atoms with Crippen molar-refractivity contribution >= 4 is 33.0 Å². The molecule has 1 aliphatic heterocycles. The third-order valence-electron chi connectivity index (χ3n) is 5.36. The highest BCUT2D eigenvalue weighted by Crippen LogP contribution is 2.26. The van der Waals surface area contributed by atoms with Crippen molar-refractivity contribution < 1.29 is 18.0 Å². The number of nitriles is 1. The first kappa shape index (κ1) is 22.3. The zero-order valence-electron chi connectivity index (χ0n) is 17.6. The first-order valence-corrected chi connectivity index (χ1v) is 11.3. The summed E-state index contributed by atoms with van der Waals surface area (Å²) in [7, 11) is -1.82. The van der Waals surface area contributed by atoms with Crippen LogP contribution < -0.4 is 10.2 Å². The molecule has 31 heavy (non-hydrogen) atoms. The monoisotopic (exact) mass is 440 g/mol. The van der Waals surface area contributed by atoms with Crippen LogP contribution in [-0.4, -0.2) is 50.0 Å². The van der Waals surface area contributed by atoms with Gasteiger partial charge >= 0.3 is 11.8 Å². The number of sulfone groups is 1. The molecular formula is C22H24N4O4S. The molecular weight excluding hydrogens is 416 g/mol. The number of carbonyl (C=O) groups excluding carboxylic acids is 2. The highest BCUT2D eigenvalue weighted by Gasteiger charge is 2.31. The Morgan fingerprint density at radius 3 is 2.45 bits per heavy atom. The SMILES string of the molecule is C[C@H](C#N)S(=O)(=O)c1ccc(NC(=O)C(=O)N2Cc3ccccc3N(C)C[C@@H]2C)cc1. The van der Waals surface area contributed by atoms with E-state index >= 15 is 0 Å². The van der Waals surface area contributed by atoms with Gasteiger partial charge < -0.3 is 15.1 Å². The minimum Gasteiger partial charge on any atom is -0.372 e. The van der Waals surface area contributed by atoms with Crippen LogP contribution in [0.2, 0.25) is 0 Å². The van der Waals surface area contributed by atoms with Crippen molar-refractivity contribution in [1.82, 2.24) is 4.90 Å². The molecule has 0 fully saturated rings. The first-order valence-electron chi connectivity index (χ1n) is 9.79. The smallest absolute Gasteiger partial charge is 0.313 e. The molecule has 1 heterocycles. The summed E-state index contributed by atoms with van der Waals surface area (Å²) in [6, 6.07) is 14.7. The Balaban J connectivity index is 1.75. The fourth-order valence-corrected chi connectivity index (χ4v) is 4.60. The largest absolute Gasteiger partial charge is 0.372 e. The maximum atomic E-state index is 12.9. The van der Waals surface area contributed by atoms with Gasteiger partial charge in [-0.1, -0.05) is 18.2 Å². The van der Waals surface area contributed by atoms with Crippen LogP contribution in [0.25, 0.3) is 0 Å². The van der Waals surface area contributed by atoms with Gasteiger partial charge in [0.2, 0.25) is 0 Å². The van der Waals surface area contributed by atoms with Crippen molar-refractivity contribution in [2.75, 3.05) is 23.8 Å². The minimum absolute atomic E-state index is 0.0216. The maximum absolute atomic E-state index is 12.9. The topological polar surface area (TPSA) is 111 Å². The predicted octanol–water partition coefficient (Wildman–Crippen LogP) is 2.18. The van der Waals surface area contributed by atoms with Crippen molar-refractivity contribution in [2.24, 2.45) is 0 Å². The summed E-state index contributed by atoms with van der Waals surface area (Å²) in [4.78, 5) is 29.1. The number of anilines is 2. The quantitative estimate of drug-likeness (QED) is 0.733. The first-order chi connectivity index (χ1) is 14.6. The Bertz CT molecular complexity index is 1140. The molecule has 9 heteroatoms. The van der Waals surface area contributed by atoms with E-state index in [1.54, 1.807) is 6.07 Å². The van der Waals surface area contributed by atoms with Crippen LogP contribution in [0.15, 0.2) is 53.4 Å². The van der Waals surface area contributed by atoms with E-state index in [1.165, 1.54) is 36.1 Å². The number of fused-ring (bicyclic) bond motifs is 1. The molecule has 8 nitrogen and oxygen atoms in total. The number of carbonyl (C=O) groups is 2. The Morgan fingerprint density at radius 2 is 1.81 bits per heavy atom. The molecule has 0 spiro atoms. The van der Waals surface area contributed by atoms with Gasteiger partial charge in [0.1, 0.15) is 5.25 Å². The second kappa shape index (κ2) is 8.78. The van der Waals surface area contributed by atoms with Crippen molar-refractivity contribution in [3.8, 4) is 6.07 Å². The molecule has 162 valence electrons. The average Bonchev–Trinajstić information content (AvgIpc) is 2.88. The third kappa shape index (κ3) is 4.54. The summed E-state index contributed by atoms with van der Waals surface area (Å²) in [5, 5.41) is 10.2. The molecule has 2 aromatic rings. The second-order valence-electron chi connectivity index (χ2n) is 7.59. The molecule has 2 atom stereocenters. The highest BCUT2D eigenvalue weighted by molar-refractivity contribution is 7.92. The fraction of sp³-hybridized carbons (Fsp3) is 0.318. The lowest BCUT2D eigenvalue weighted by molar-refractivity contribution is -0.144. The van der Waals surface area contributed by atoms with Gasteiger partial charge in [-0.2, -0.15) is 5.26 Å². The van der Waals surface area contributed by atoms with E-state index in [4.69, 9.17) is 5.26 Å². The molecule has 2 amide bonds. The number of likely N-dealkylation sites (N-methyl/N-ethyl adjacent to an activating group) is 1. The van der Waals surface area contributed by atoms with Gasteiger partial charge in [0, 0.05) is 37.6 Å². The number of hydrogen-bond donors (Lipinski definition) is 1. The van der Waals surface area contributed by atoms with Crippen LogP contribution in [0.5, 0.6) is 0 Å². The van der Waals surface area contributed by atoms with Crippen molar-refractivity contribution in [3.05, 3.63) is 54.1 Å². The van der Waals surface area contributed by atoms with Gasteiger partial charge in [-0.15, -0.1) is 0 Å². The van der Waals surface area contributed by atoms with E-state index in [1.807, 2.05) is 38.2 Å². The zero-order chi connectivity index (χ0) is 22.8. The zero-order valence-corrected chi connectivity index (χ0v) is 18.4. The van der Waals surface area contributed by atoms with Crippen molar-refractivity contribution in [3.63, 3.8) is 0 Å². The lowest BCUT2D eigenvalue weighted by atomic mass is 10.1. The second-order valence-corrected chi connectivity index (χ2v) is 9.85. The van der Waals surface area contributed by atoms with Gasteiger partial charge in [-0.05, 0) is 49.7 Å². The summed E-state index contributed by atoms with van der Waals surface area (Å²) in [6.07, 6.45) is 0. The summed E-state index contributed by atoms with van der Waals surface area (Å²) < 4.78 is 24.5. The molecule has 2 aromatic carbocycles. The molecule has 1 aliphatic rings. The number of para-hydroxylation sites is 1. The standard InChI is InChI=1S/C22H24N4O4S/c1-15-13-25(3)20-7-5-4-6-17(20)14-26(15)22(28)21(27)24-18-8-10-19(11-9-18)31(29,30)16(2)12-23/h4-11,15-16H,13-14H2,1-3H3,(H,24,27)/t15-,16+/m0/s1. The average molecular weight is 441 g/mol. The van der Waals surface area contributed by atoms with E-state index < -0.39 is 26.9 Å². The number of amides is 2. The summed E-state index contributed by atoms with van der Waals surface area (Å²) in [5.41, 5.74) is 2.27. The lowest BCUT2D eigenvalue weighted by Crippen LogP contribution is -2.46. The number of benzene rings is 2. The van der Waals surface area contributed by atoms with Crippen LogP contribution in [0.1, 0.15) is 19.4 Å². The molecule has 0 bridgehead atoms. The Hall–Kier alpha value is -3.38. The lowest BCUT2D eigenvalue weighted by Gasteiger charge is -2.28. The predicted molar refractivity (Wildman–Crippen MR) is 117 cm³/mol. The van der Waals surface area contributed by atoms with E-state index in [-0.39, 0.29) is 10.9 Å². The van der Waals surface area contributed by atoms with Crippen LogP contribution in [-0.2, 0) is 26.0 Å². The number of nitrogens with zero attached hydrogens (tertiary/aromatic N) is 3. The van der Waals surface area contributed by atoms with Gasteiger partial charge in [0.25, 0.3) is 0 Å². The third-order valence-corrected chi connectivity index (χ3v) is 7.32. The molecule has 0 radical (unpaired) electrons. The normalized spacial score (nSPS) is 17.2. The van der Waals surface area contributed by atoms with E-state index in [9.17, 15) is 18.0 Å². The molecule has 0 saturated heterocycles. The molecule has 0 aliphatic carbocycles. The van der Waals surface area contributed by atoms with Crippen molar-refractivity contribution in [2.45, 2.75) is 36.6 Å². The van der Waals surface area contributed by atoms with Crippen LogP contribution >= 0.6 is 0 Å². The fourth-order valence-electron chi connectivity index (χ4n) is 3.54. The molecule has 1 N–H and O–H groups in total. The van der Waals surface area contributed by atoms with Gasteiger partial charge in [-0.3, -0.25) is 9.59 Å². The van der Waals surface area contributed by atoms with E-state index in [0.29, 0.717) is 18.8 Å². The van der Waals surface area contributed by atoms with Gasteiger partial charge in [0.05, 0.1) is 11.0 Å². The Kier molecular flexibility index (Phi) is 6.32. The highest BCUT2D eigenvalue weighted by atomic mass is 32.2. The molecule has 0 saturated carbocycles. The van der Waals surface area contributed by atoms with Gasteiger partial charge in [-0.25, -0.2) is 8.42 Å². The maximum Gasteiger partial charge on any atom is 0.313 e. The summed E-state index contributed by atoms with van der Waals surface area (Å²) in [5.74, 6) is -1.46. The van der Waals surface area contributed by atoms with Crippen LogP contribution in [0.4, 0.5) is 11.4 Å². The summed E-state index contributed by atoms with van der Waals surface area (Å²) >= 11 is 0. The van der Waals surface area contributed by atoms with E-state index in [0.717, 1.165) is 11.3 Å². The van der Waals surface area contributed by atoms with E-state index in [2.05, 4.69) is 10.2 Å². The Morgan fingerprint density at radius 1 is 1.16 bits per heavy atom. The number of rotatable bonds is 3. The molecule has 0 unspecified atom stereocenters. The van der Waals surface area contributed by atoms with Crippen LogP contribution in [0, 0.1) is 11.3 Å². The number of nitrogens with one attached hydrogen (secondary N) is 1. The van der Waals surface area contributed by atoms with Gasteiger partial charge in [0.15, 0.2) is 9.84 Å². The van der Waals surface area contributed by atoms with Crippen LogP contribution in [0.3, 0.4) is 0 Å². The molecule has 0 aromatic heterocycles. The Labute approximate surface area is 182 Å². The molecule has 3 rings (SSSR count). The minimum atomic E-state index is -3.77. The summed E-state index contributed by atoms with van der Waals surface area (Å²) in [6.45, 7) is 4.10. The number of hydrogen-bond acceptors (Lipinski definition) is 6. The van der Waals surface area contributed by atoms with Crippen molar-refractivity contribution in [1.29, 1.82) is 5.26 Å².